The predicted molar refractivity (Wildman–Crippen MR) is 139 cm³/mol. The number of aromatic nitrogens is 4. The van der Waals surface area contributed by atoms with Gasteiger partial charge in [0, 0.05) is 23.2 Å². The molecule has 8 nitrogen and oxygen atoms in total. The number of nitrogens with one attached hydrogen (secondary N) is 2. The molecule has 4 rings (SSSR count). The maximum Gasteiger partial charge on any atom is 0.257 e. The Bertz CT molecular complexity index is 1340. The minimum atomic E-state index is -0.298. The van der Waals surface area contributed by atoms with Gasteiger partial charge in [0.05, 0.1) is 6.61 Å². The molecule has 0 aliphatic heterocycles. The highest BCUT2D eigenvalue weighted by atomic mass is 32.1. The Balaban J connectivity index is 1.41. The van der Waals surface area contributed by atoms with Crippen LogP contribution in [0.4, 0.5) is 5.69 Å². The molecule has 2 heterocycles. The number of benzene rings is 2. The van der Waals surface area contributed by atoms with E-state index in [0.717, 1.165) is 39.0 Å². The number of carbonyl (C=O) groups excluding carboxylic acids is 1. The van der Waals surface area contributed by atoms with Crippen LogP contribution in [-0.4, -0.2) is 37.4 Å². The van der Waals surface area contributed by atoms with Gasteiger partial charge in [-0.05, 0) is 67.0 Å². The van der Waals surface area contributed by atoms with Crippen LogP contribution in [0, 0.1) is 12.8 Å². The quantitative estimate of drug-likeness (QED) is 0.354. The second-order valence-corrected chi connectivity index (χ2v) is 9.61. The minimum absolute atomic E-state index is 0.223. The number of hydrogen-bond acceptors (Lipinski definition) is 7. The maximum atomic E-state index is 12.7. The van der Waals surface area contributed by atoms with Gasteiger partial charge in [0.25, 0.3) is 5.91 Å². The van der Waals surface area contributed by atoms with E-state index in [1.807, 2.05) is 38.1 Å². The third-order valence-corrected chi connectivity index (χ3v) is 6.15. The zero-order valence-electron chi connectivity index (χ0n) is 19.5. The van der Waals surface area contributed by atoms with Crippen LogP contribution in [0.5, 0.6) is 5.75 Å². The summed E-state index contributed by atoms with van der Waals surface area (Å²) >= 11 is 6.86. The number of carbonyl (C=O) groups is 1. The van der Waals surface area contributed by atoms with E-state index < -0.39 is 0 Å². The topological polar surface area (TPSA) is 93.4 Å². The fraction of sp³-hybridized carbons (Fsp3) is 0.292. The average Bonchev–Trinajstić information content (AvgIpc) is 3.40. The van der Waals surface area contributed by atoms with Gasteiger partial charge in [-0.25, -0.2) is 0 Å². The van der Waals surface area contributed by atoms with Crippen LogP contribution >= 0.6 is 23.6 Å². The van der Waals surface area contributed by atoms with Crippen LogP contribution < -0.4 is 15.4 Å². The SMILES string of the molecule is CCc1nnc2sc(-c3ccc(NC(=S)NC(=O)c4cccc(OCC(C)C)c4)c(C)c3)nn12. The molecule has 0 bridgehead atoms. The lowest BCUT2D eigenvalue weighted by atomic mass is 10.1. The van der Waals surface area contributed by atoms with Crippen LogP contribution in [0.3, 0.4) is 0 Å². The monoisotopic (exact) mass is 494 g/mol. The Hall–Kier alpha value is -3.37. The van der Waals surface area contributed by atoms with E-state index >= 15 is 0 Å². The minimum Gasteiger partial charge on any atom is -0.493 e. The van der Waals surface area contributed by atoms with E-state index in [4.69, 9.17) is 17.0 Å². The van der Waals surface area contributed by atoms with Crippen LogP contribution in [0.15, 0.2) is 42.5 Å². The Morgan fingerprint density at radius 3 is 2.76 bits per heavy atom. The highest BCUT2D eigenvalue weighted by molar-refractivity contribution is 7.80. The molecular weight excluding hydrogens is 468 g/mol. The summed E-state index contributed by atoms with van der Waals surface area (Å²) in [7, 11) is 0. The van der Waals surface area contributed by atoms with Crippen molar-refractivity contribution in [1.29, 1.82) is 0 Å². The summed E-state index contributed by atoms with van der Waals surface area (Å²) in [6.07, 6.45) is 0.769. The average molecular weight is 495 g/mol. The summed E-state index contributed by atoms with van der Waals surface area (Å²) < 4.78 is 7.49. The second-order valence-electron chi connectivity index (χ2n) is 8.24. The molecule has 4 aromatic rings. The number of thiocarbonyl (C=S) groups is 1. The molecule has 0 saturated heterocycles. The van der Waals surface area contributed by atoms with Gasteiger partial charge in [-0.1, -0.05) is 38.2 Å². The highest BCUT2D eigenvalue weighted by Crippen LogP contribution is 2.28. The van der Waals surface area contributed by atoms with Gasteiger partial charge in [0.15, 0.2) is 10.9 Å². The summed E-state index contributed by atoms with van der Waals surface area (Å²) in [6.45, 7) is 8.74. The number of rotatable bonds is 7. The van der Waals surface area contributed by atoms with Gasteiger partial charge in [-0.15, -0.1) is 10.2 Å². The van der Waals surface area contributed by atoms with E-state index in [1.165, 1.54) is 11.3 Å². The smallest absolute Gasteiger partial charge is 0.257 e. The Morgan fingerprint density at radius 1 is 1.21 bits per heavy atom. The summed E-state index contributed by atoms with van der Waals surface area (Å²) in [5.41, 5.74) is 3.24. The van der Waals surface area contributed by atoms with Crippen molar-refractivity contribution in [3.63, 3.8) is 0 Å². The van der Waals surface area contributed by atoms with E-state index in [0.29, 0.717) is 23.8 Å². The second kappa shape index (κ2) is 10.3. The lowest BCUT2D eigenvalue weighted by molar-refractivity contribution is 0.0977. The lowest BCUT2D eigenvalue weighted by Gasteiger charge is -2.13. The third kappa shape index (κ3) is 5.40. The van der Waals surface area contributed by atoms with E-state index in [9.17, 15) is 4.79 Å². The third-order valence-electron chi connectivity index (χ3n) is 5.00. The molecule has 0 unspecified atom stereocenters. The summed E-state index contributed by atoms with van der Waals surface area (Å²) in [5.74, 6) is 1.60. The number of ether oxygens (including phenoxy) is 1. The Kier molecular flexibility index (Phi) is 7.18. The number of aryl methyl sites for hydroxylation is 2. The van der Waals surface area contributed by atoms with E-state index in [-0.39, 0.29) is 11.0 Å². The molecule has 1 amide bonds. The first-order chi connectivity index (χ1) is 16.3. The van der Waals surface area contributed by atoms with Crippen molar-refractivity contribution in [2.24, 2.45) is 5.92 Å². The number of amides is 1. The van der Waals surface area contributed by atoms with Gasteiger partial charge in [0.1, 0.15) is 10.8 Å². The van der Waals surface area contributed by atoms with Gasteiger partial charge in [-0.3, -0.25) is 10.1 Å². The Labute approximate surface area is 207 Å². The highest BCUT2D eigenvalue weighted by Gasteiger charge is 2.14. The van der Waals surface area contributed by atoms with Crippen molar-refractivity contribution in [3.8, 4) is 16.3 Å². The van der Waals surface area contributed by atoms with Gasteiger partial charge < -0.3 is 10.1 Å². The lowest BCUT2D eigenvalue weighted by Crippen LogP contribution is -2.34. The number of fused-ring (bicyclic) bond motifs is 1. The van der Waals surface area contributed by atoms with E-state index in [2.05, 4.69) is 39.8 Å². The molecule has 0 spiro atoms. The van der Waals surface area contributed by atoms with Crippen LogP contribution in [0.2, 0.25) is 0 Å². The van der Waals surface area contributed by atoms with Crippen molar-refractivity contribution in [2.75, 3.05) is 11.9 Å². The first-order valence-corrected chi connectivity index (χ1v) is 12.2. The zero-order valence-corrected chi connectivity index (χ0v) is 21.1. The standard InChI is InChI=1S/C24H26N6O2S2/c1-5-20-27-28-24-30(20)29-22(34-24)17-9-10-19(15(4)11-17)25-23(33)26-21(31)16-7-6-8-18(12-16)32-13-14(2)3/h6-12,14H,5,13H2,1-4H3,(H2,25,26,31,33). The molecule has 176 valence electrons. The maximum absolute atomic E-state index is 12.7. The molecule has 0 aliphatic rings. The molecule has 34 heavy (non-hydrogen) atoms. The summed E-state index contributed by atoms with van der Waals surface area (Å²) in [5, 5.41) is 19.9. The molecule has 2 aromatic carbocycles. The number of nitrogens with zero attached hydrogens (tertiary/aromatic N) is 4. The fourth-order valence-corrected chi connectivity index (χ4v) is 4.31. The normalized spacial score (nSPS) is 11.1. The van der Waals surface area contributed by atoms with Crippen molar-refractivity contribution < 1.29 is 9.53 Å². The first kappa shape index (κ1) is 23.8. The van der Waals surface area contributed by atoms with Gasteiger partial charge in [0.2, 0.25) is 4.96 Å². The number of hydrogen-bond donors (Lipinski definition) is 2. The number of anilines is 1. The fourth-order valence-electron chi connectivity index (χ4n) is 3.25. The van der Waals surface area contributed by atoms with Crippen LogP contribution in [0.1, 0.15) is 42.5 Å². The van der Waals surface area contributed by atoms with Crippen molar-refractivity contribution in [2.45, 2.75) is 34.1 Å². The Morgan fingerprint density at radius 2 is 2.03 bits per heavy atom. The van der Waals surface area contributed by atoms with Crippen LogP contribution in [0.25, 0.3) is 15.5 Å². The van der Waals surface area contributed by atoms with Crippen molar-refractivity contribution in [1.82, 2.24) is 25.1 Å². The molecule has 0 aliphatic carbocycles. The van der Waals surface area contributed by atoms with E-state index in [1.54, 1.807) is 22.7 Å². The molecule has 0 fully saturated rings. The van der Waals surface area contributed by atoms with Crippen molar-refractivity contribution >= 4 is 45.2 Å². The first-order valence-electron chi connectivity index (χ1n) is 11.0. The molecular formula is C24H26N6O2S2. The zero-order chi connectivity index (χ0) is 24.2. The molecule has 0 radical (unpaired) electrons. The van der Waals surface area contributed by atoms with Gasteiger partial charge >= 0.3 is 0 Å². The largest absolute Gasteiger partial charge is 0.493 e. The summed E-state index contributed by atoms with van der Waals surface area (Å²) in [4.78, 5) is 13.4. The molecule has 0 atom stereocenters. The molecule has 10 heteroatoms. The molecule has 2 N–H and O–H groups in total. The molecule has 0 saturated carbocycles. The van der Waals surface area contributed by atoms with Crippen LogP contribution in [-0.2, 0) is 6.42 Å². The van der Waals surface area contributed by atoms with Crippen molar-refractivity contribution in [3.05, 3.63) is 59.4 Å². The summed E-state index contributed by atoms with van der Waals surface area (Å²) in [6, 6.07) is 13.0. The molecule has 2 aromatic heterocycles. The predicted octanol–water partition coefficient (Wildman–Crippen LogP) is 4.89. The van der Waals surface area contributed by atoms with Gasteiger partial charge in [-0.2, -0.15) is 9.61 Å².